The summed E-state index contributed by atoms with van der Waals surface area (Å²) in [6, 6.07) is 0.583. The molecule has 0 aliphatic heterocycles. The first kappa shape index (κ1) is 15.0. The van der Waals surface area contributed by atoms with Crippen molar-refractivity contribution >= 4 is 0 Å². The normalized spacial score (nSPS) is 21.0. The summed E-state index contributed by atoms with van der Waals surface area (Å²) in [5.41, 5.74) is 0.593. The minimum absolute atomic E-state index is 0.583. The van der Waals surface area contributed by atoms with Gasteiger partial charge in [-0.05, 0) is 43.9 Å². The molecule has 1 aliphatic rings. The zero-order valence-corrected chi connectivity index (χ0v) is 12.2. The zero-order valence-electron chi connectivity index (χ0n) is 12.2. The Morgan fingerprint density at radius 2 is 1.82 bits per heavy atom. The van der Waals surface area contributed by atoms with Gasteiger partial charge in [0.25, 0.3) is 0 Å². The molecule has 1 aliphatic carbocycles. The quantitative estimate of drug-likeness (QED) is 0.701. The predicted molar refractivity (Wildman–Crippen MR) is 74.3 cm³/mol. The average molecular weight is 241 g/mol. The van der Waals surface area contributed by atoms with Crippen molar-refractivity contribution in [1.29, 1.82) is 0 Å². The van der Waals surface area contributed by atoms with Gasteiger partial charge in [-0.15, -0.1) is 0 Å². The summed E-state index contributed by atoms with van der Waals surface area (Å²) < 4.78 is 5.13. The predicted octanol–water partition coefficient (Wildman–Crippen LogP) is 3.61. The minimum Gasteiger partial charge on any atom is -0.385 e. The molecule has 0 aromatic heterocycles. The van der Waals surface area contributed by atoms with Crippen molar-refractivity contribution in [2.45, 2.75) is 65.3 Å². The van der Waals surface area contributed by atoms with Crippen molar-refractivity contribution in [3.8, 4) is 0 Å². The van der Waals surface area contributed by atoms with E-state index in [0.29, 0.717) is 11.5 Å². The van der Waals surface area contributed by atoms with Crippen LogP contribution in [0.1, 0.15) is 59.3 Å². The maximum absolute atomic E-state index is 5.13. The Hall–Kier alpha value is -0.0800. The number of hydrogen-bond acceptors (Lipinski definition) is 2. The third-order valence-corrected chi connectivity index (χ3v) is 4.09. The van der Waals surface area contributed by atoms with Crippen LogP contribution in [0.4, 0.5) is 0 Å². The molecule has 17 heavy (non-hydrogen) atoms. The second-order valence-corrected chi connectivity index (χ2v) is 6.37. The molecule has 1 saturated carbocycles. The molecule has 0 bridgehead atoms. The van der Waals surface area contributed by atoms with Gasteiger partial charge in [0.2, 0.25) is 0 Å². The average Bonchev–Trinajstić information content (AvgIpc) is 2.71. The Kier molecular flexibility index (Phi) is 6.50. The van der Waals surface area contributed by atoms with Gasteiger partial charge in [-0.25, -0.2) is 0 Å². The fourth-order valence-electron chi connectivity index (χ4n) is 3.23. The lowest BCUT2D eigenvalue weighted by Gasteiger charge is -2.32. The van der Waals surface area contributed by atoms with E-state index in [1.165, 1.54) is 38.6 Å². The molecule has 0 saturated heterocycles. The van der Waals surface area contributed by atoms with Crippen molar-refractivity contribution in [3.63, 3.8) is 0 Å². The molecule has 0 aromatic carbocycles. The number of methoxy groups -OCH3 is 1. The largest absolute Gasteiger partial charge is 0.385 e. The van der Waals surface area contributed by atoms with Crippen molar-refractivity contribution in [3.05, 3.63) is 0 Å². The molecule has 102 valence electrons. The van der Waals surface area contributed by atoms with Crippen LogP contribution in [0.25, 0.3) is 0 Å². The van der Waals surface area contributed by atoms with Gasteiger partial charge >= 0.3 is 0 Å². The van der Waals surface area contributed by atoms with E-state index < -0.39 is 0 Å². The van der Waals surface area contributed by atoms with Gasteiger partial charge in [0, 0.05) is 26.3 Å². The monoisotopic (exact) mass is 241 g/mol. The third-order valence-electron chi connectivity index (χ3n) is 4.09. The van der Waals surface area contributed by atoms with Crippen LogP contribution in [-0.4, -0.2) is 26.3 Å². The van der Waals surface area contributed by atoms with Gasteiger partial charge < -0.3 is 10.1 Å². The smallest absolute Gasteiger partial charge is 0.0476 e. The second-order valence-electron chi connectivity index (χ2n) is 6.37. The molecular formula is C15H31NO. The van der Waals surface area contributed by atoms with Gasteiger partial charge in [0.15, 0.2) is 0 Å². The topological polar surface area (TPSA) is 21.3 Å². The van der Waals surface area contributed by atoms with Gasteiger partial charge in [-0.1, -0.05) is 26.7 Å². The van der Waals surface area contributed by atoms with Crippen LogP contribution in [0.15, 0.2) is 0 Å². The van der Waals surface area contributed by atoms with Crippen LogP contribution < -0.4 is 5.32 Å². The Balaban J connectivity index is 2.34. The maximum Gasteiger partial charge on any atom is 0.0476 e. The van der Waals surface area contributed by atoms with E-state index in [9.17, 15) is 0 Å². The summed E-state index contributed by atoms with van der Waals surface area (Å²) in [6.07, 6.45) is 8.22. The van der Waals surface area contributed by atoms with Crippen molar-refractivity contribution in [2.24, 2.45) is 11.3 Å². The lowest BCUT2D eigenvalue weighted by atomic mass is 9.78. The Morgan fingerprint density at radius 3 is 2.35 bits per heavy atom. The number of hydrogen-bond donors (Lipinski definition) is 1. The molecule has 1 N–H and O–H groups in total. The molecule has 0 spiro atoms. The zero-order chi connectivity index (χ0) is 12.7. The van der Waals surface area contributed by atoms with E-state index in [4.69, 9.17) is 4.74 Å². The minimum atomic E-state index is 0.583. The summed E-state index contributed by atoms with van der Waals surface area (Å²) in [7, 11) is 1.78. The molecule has 2 heteroatoms. The van der Waals surface area contributed by atoms with E-state index in [2.05, 4.69) is 26.1 Å². The number of nitrogens with one attached hydrogen (secondary N) is 1. The van der Waals surface area contributed by atoms with Crippen LogP contribution in [0.3, 0.4) is 0 Å². The fraction of sp³-hybridized carbons (Fsp3) is 1.00. The lowest BCUT2D eigenvalue weighted by molar-refractivity contribution is 0.174. The van der Waals surface area contributed by atoms with E-state index in [1.54, 1.807) is 7.11 Å². The highest BCUT2D eigenvalue weighted by Gasteiger charge is 2.34. The van der Waals surface area contributed by atoms with Crippen molar-refractivity contribution in [2.75, 3.05) is 20.3 Å². The summed E-state index contributed by atoms with van der Waals surface area (Å²) >= 11 is 0. The molecule has 0 aromatic rings. The van der Waals surface area contributed by atoms with Crippen molar-refractivity contribution in [1.82, 2.24) is 5.32 Å². The van der Waals surface area contributed by atoms with E-state index in [-0.39, 0.29) is 0 Å². The van der Waals surface area contributed by atoms with E-state index in [0.717, 1.165) is 18.9 Å². The molecule has 1 atom stereocenters. The standard InChI is InChI=1S/C15H31NO/c1-13(2)11-15(8-5-6-9-15)12-16-14(3)7-10-17-4/h13-14,16H,5-12H2,1-4H3. The Morgan fingerprint density at radius 1 is 1.18 bits per heavy atom. The highest BCUT2D eigenvalue weighted by molar-refractivity contribution is 4.88. The molecule has 0 amide bonds. The first-order chi connectivity index (χ1) is 8.08. The van der Waals surface area contributed by atoms with Gasteiger partial charge in [-0.3, -0.25) is 0 Å². The second kappa shape index (κ2) is 7.38. The Bertz CT molecular complexity index is 197. The lowest BCUT2D eigenvalue weighted by Crippen LogP contribution is -2.38. The molecule has 1 unspecified atom stereocenters. The molecule has 2 nitrogen and oxygen atoms in total. The number of rotatable bonds is 8. The number of ether oxygens (including phenoxy) is 1. The first-order valence-corrected chi connectivity index (χ1v) is 7.30. The summed E-state index contributed by atoms with van der Waals surface area (Å²) in [5.74, 6) is 0.823. The molecule has 0 heterocycles. The van der Waals surface area contributed by atoms with E-state index in [1.807, 2.05) is 0 Å². The van der Waals surface area contributed by atoms with Crippen molar-refractivity contribution < 1.29 is 4.74 Å². The Labute approximate surface area is 108 Å². The maximum atomic E-state index is 5.13. The molecule has 1 fully saturated rings. The van der Waals surface area contributed by atoms with Gasteiger partial charge in [-0.2, -0.15) is 0 Å². The van der Waals surface area contributed by atoms with Crippen LogP contribution >= 0.6 is 0 Å². The fourth-order valence-corrected chi connectivity index (χ4v) is 3.23. The van der Waals surface area contributed by atoms with Crippen LogP contribution in [0.5, 0.6) is 0 Å². The summed E-state index contributed by atoms with van der Waals surface area (Å²) in [5, 5.41) is 3.73. The molecule has 0 radical (unpaired) electrons. The van der Waals surface area contributed by atoms with Gasteiger partial charge in [0.1, 0.15) is 0 Å². The van der Waals surface area contributed by atoms with Gasteiger partial charge in [0.05, 0.1) is 0 Å². The third kappa shape index (κ3) is 5.39. The highest BCUT2D eigenvalue weighted by Crippen LogP contribution is 2.42. The SMILES string of the molecule is COCCC(C)NCC1(CC(C)C)CCCC1. The summed E-state index contributed by atoms with van der Waals surface area (Å²) in [4.78, 5) is 0. The molecular weight excluding hydrogens is 210 g/mol. The first-order valence-electron chi connectivity index (χ1n) is 7.30. The van der Waals surface area contributed by atoms with Crippen LogP contribution in [0.2, 0.25) is 0 Å². The van der Waals surface area contributed by atoms with Crippen LogP contribution in [0, 0.1) is 11.3 Å². The van der Waals surface area contributed by atoms with Crippen LogP contribution in [-0.2, 0) is 4.74 Å². The highest BCUT2D eigenvalue weighted by atomic mass is 16.5. The van der Waals surface area contributed by atoms with E-state index >= 15 is 0 Å². The summed E-state index contributed by atoms with van der Waals surface area (Å²) in [6.45, 7) is 9.06. The molecule has 1 rings (SSSR count).